The Balaban J connectivity index is 2.26. The number of hydrogen-bond donors (Lipinski definition) is 2. The zero-order valence-corrected chi connectivity index (χ0v) is 8.56. The molecule has 84 valence electrons. The van der Waals surface area contributed by atoms with Crippen molar-refractivity contribution in [1.29, 1.82) is 0 Å². The van der Waals surface area contributed by atoms with Crippen LogP contribution in [0.4, 0.5) is 0 Å². The predicted molar refractivity (Wildman–Crippen MR) is 55.4 cm³/mol. The van der Waals surface area contributed by atoms with E-state index in [1.165, 1.54) is 6.08 Å². The molecule has 16 heavy (non-hydrogen) atoms. The minimum absolute atomic E-state index is 0.0153. The number of ether oxygens (including phenoxy) is 1. The first-order valence-electron chi connectivity index (χ1n) is 4.74. The van der Waals surface area contributed by atoms with Gasteiger partial charge in [0.1, 0.15) is 17.5 Å². The highest BCUT2D eigenvalue weighted by molar-refractivity contribution is 6.20. The van der Waals surface area contributed by atoms with Gasteiger partial charge in [0.25, 0.3) is 0 Å². The van der Waals surface area contributed by atoms with E-state index in [0.717, 1.165) is 0 Å². The van der Waals surface area contributed by atoms with Gasteiger partial charge < -0.3 is 10.5 Å². The topological polar surface area (TPSA) is 106 Å². The lowest BCUT2D eigenvalue weighted by molar-refractivity contribution is -0.138. The number of carbonyl (C=O) groups excluding carboxylic acids is 2. The quantitative estimate of drug-likeness (QED) is 0.578. The van der Waals surface area contributed by atoms with E-state index < -0.39 is 11.9 Å². The molecule has 1 unspecified atom stereocenters. The Hall–Kier alpha value is -2.18. The SMILES string of the molecule is CCOC(=O)C1=CC2C(=O)NC(N)=NC2=N1. The van der Waals surface area contributed by atoms with Crippen molar-refractivity contribution in [3.63, 3.8) is 0 Å². The Bertz CT molecular complexity index is 450. The summed E-state index contributed by atoms with van der Waals surface area (Å²) in [6, 6.07) is 0. The van der Waals surface area contributed by atoms with E-state index in [4.69, 9.17) is 10.5 Å². The van der Waals surface area contributed by atoms with E-state index in [-0.39, 0.29) is 30.0 Å². The monoisotopic (exact) mass is 222 g/mol. The fourth-order valence-electron chi connectivity index (χ4n) is 1.42. The first-order chi connectivity index (χ1) is 7.61. The number of rotatable bonds is 2. The maximum Gasteiger partial charge on any atom is 0.356 e. The molecule has 0 bridgehead atoms. The standard InChI is InChI=1S/C9H10N4O3/c1-2-16-8(15)5-3-4-6(11-5)12-9(10)13-7(4)14/h3-4H,2H2,1H3,(H3,10,11,12,13,14). The van der Waals surface area contributed by atoms with Crippen LogP contribution in [0.1, 0.15) is 6.92 Å². The highest BCUT2D eigenvalue weighted by Gasteiger charge is 2.34. The Kier molecular flexibility index (Phi) is 2.43. The zero-order chi connectivity index (χ0) is 11.7. The molecule has 0 aromatic carbocycles. The number of amidine groups is 1. The third kappa shape index (κ3) is 1.67. The van der Waals surface area contributed by atoms with Gasteiger partial charge in [0.05, 0.1) is 6.61 Å². The van der Waals surface area contributed by atoms with Gasteiger partial charge in [-0.2, -0.15) is 4.99 Å². The lowest BCUT2D eigenvalue weighted by atomic mass is 10.1. The van der Waals surface area contributed by atoms with E-state index in [2.05, 4.69) is 15.3 Å². The molecule has 0 aliphatic carbocycles. The molecular formula is C9H10N4O3. The van der Waals surface area contributed by atoms with Crippen molar-refractivity contribution in [1.82, 2.24) is 5.32 Å². The van der Waals surface area contributed by atoms with E-state index in [1.54, 1.807) is 6.92 Å². The van der Waals surface area contributed by atoms with E-state index in [0.29, 0.717) is 0 Å². The summed E-state index contributed by atoms with van der Waals surface area (Å²) in [4.78, 5) is 30.6. The number of guanidine groups is 1. The average Bonchev–Trinajstić information content (AvgIpc) is 2.62. The molecule has 2 heterocycles. The largest absolute Gasteiger partial charge is 0.461 e. The molecule has 3 N–H and O–H groups in total. The average molecular weight is 222 g/mol. The summed E-state index contributed by atoms with van der Waals surface area (Å²) in [7, 11) is 0. The molecule has 2 rings (SSSR count). The van der Waals surface area contributed by atoms with Gasteiger partial charge in [0, 0.05) is 0 Å². The predicted octanol–water partition coefficient (Wildman–Crippen LogP) is -1.09. The number of nitrogens with one attached hydrogen (secondary N) is 1. The third-order valence-electron chi connectivity index (χ3n) is 2.09. The van der Waals surface area contributed by atoms with Gasteiger partial charge in [0.15, 0.2) is 0 Å². The van der Waals surface area contributed by atoms with Gasteiger partial charge in [-0.05, 0) is 13.0 Å². The number of aliphatic imine (C=N–C) groups is 2. The Morgan fingerprint density at radius 2 is 2.38 bits per heavy atom. The van der Waals surface area contributed by atoms with Crippen molar-refractivity contribution in [2.45, 2.75) is 6.92 Å². The molecule has 0 spiro atoms. The summed E-state index contributed by atoms with van der Waals surface area (Å²) in [5.41, 5.74) is 5.45. The summed E-state index contributed by atoms with van der Waals surface area (Å²) in [5, 5.41) is 2.35. The van der Waals surface area contributed by atoms with Gasteiger partial charge in [0.2, 0.25) is 11.9 Å². The van der Waals surface area contributed by atoms with Crippen molar-refractivity contribution in [2.24, 2.45) is 21.6 Å². The zero-order valence-electron chi connectivity index (χ0n) is 8.56. The number of esters is 1. The minimum atomic E-state index is -0.647. The molecule has 2 aliphatic heterocycles. The van der Waals surface area contributed by atoms with Crippen LogP contribution in [0.5, 0.6) is 0 Å². The van der Waals surface area contributed by atoms with Crippen molar-refractivity contribution in [2.75, 3.05) is 6.61 Å². The molecule has 2 aliphatic rings. The lowest BCUT2D eigenvalue weighted by Crippen LogP contribution is -2.46. The summed E-state index contributed by atoms with van der Waals surface area (Å²) in [6.45, 7) is 1.94. The van der Waals surface area contributed by atoms with Crippen molar-refractivity contribution < 1.29 is 14.3 Å². The van der Waals surface area contributed by atoms with E-state index in [9.17, 15) is 9.59 Å². The summed E-state index contributed by atoms with van der Waals surface area (Å²) >= 11 is 0. The molecule has 0 aromatic heterocycles. The third-order valence-corrected chi connectivity index (χ3v) is 2.09. The number of nitrogens with zero attached hydrogens (tertiary/aromatic N) is 2. The highest BCUT2D eigenvalue weighted by Crippen LogP contribution is 2.21. The van der Waals surface area contributed by atoms with E-state index >= 15 is 0 Å². The second-order valence-corrected chi connectivity index (χ2v) is 3.21. The van der Waals surface area contributed by atoms with Crippen LogP contribution in [-0.4, -0.2) is 30.3 Å². The van der Waals surface area contributed by atoms with Gasteiger partial charge in [-0.3, -0.25) is 10.1 Å². The number of carbonyl (C=O) groups is 2. The fraction of sp³-hybridized carbons (Fsp3) is 0.333. The van der Waals surface area contributed by atoms with Gasteiger partial charge in [-0.15, -0.1) is 0 Å². The molecule has 1 amide bonds. The first kappa shape index (κ1) is 10.3. The molecule has 0 saturated heterocycles. The molecular weight excluding hydrogens is 212 g/mol. The number of nitrogens with two attached hydrogens (primary N) is 1. The van der Waals surface area contributed by atoms with Gasteiger partial charge in [-0.1, -0.05) is 0 Å². The maximum absolute atomic E-state index is 11.5. The maximum atomic E-state index is 11.5. The van der Waals surface area contributed by atoms with E-state index in [1.807, 2.05) is 0 Å². The molecule has 0 fully saturated rings. The van der Waals surface area contributed by atoms with Crippen molar-refractivity contribution >= 4 is 23.7 Å². The lowest BCUT2D eigenvalue weighted by Gasteiger charge is -2.14. The Labute approximate surface area is 91.1 Å². The van der Waals surface area contributed by atoms with Crippen LogP contribution < -0.4 is 11.1 Å². The second kappa shape index (κ2) is 3.76. The summed E-state index contributed by atoms with van der Waals surface area (Å²) in [5.74, 6) is -1.34. The first-order valence-corrected chi connectivity index (χ1v) is 4.74. The number of hydrogen-bond acceptors (Lipinski definition) is 6. The molecule has 1 atom stereocenters. The Morgan fingerprint density at radius 1 is 1.62 bits per heavy atom. The molecule has 7 nitrogen and oxygen atoms in total. The van der Waals surface area contributed by atoms with Crippen LogP contribution in [0.3, 0.4) is 0 Å². The van der Waals surface area contributed by atoms with Crippen LogP contribution in [0.25, 0.3) is 0 Å². The van der Waals surface area contributed by atoms with Gasteiger partial charge in [-0.25, -0.2) is 9.79 Å². The van der Waals surface area contributed by atoms with Gasteiger partial charge >= 0.3 is 5.97 Å². The molecule has 0 saturated carbocycles. The minimum Gasteiger partial charge on any atom is -0.461 e. The normalized spacial score (nSPS) is 22.7. The highest BCUT2D eigenvalue weighted by atomic mass is 16.5. The smallest absolute Gasteiger partial charge is 0.356 e. The van der Waals surface area contributed by atoms with Crippen LogP contribution in [0.15, 0.2) is 21.8 Å². The molecule has 7 heteroatoms. The Morgan fingerprint density at radius 3 is 3.06 bits per heavy atom. The summed E-state index contributed by atoms with van der Waals surface area (Å²) in [6.07, 6.45) is 1.42. The number of fused-ring (bicyclic) bond motifs is 1. The van der Waals surface area contributed by atoms with Crippen molar-refractivity contribution in [3.8, 4) is 0 Å². The van der Waals surface area contributed by atoms with Crippen LogP contribution >= 0.6 is 0 Å². The van der Waals surface area contributed by atoms with Crippen LogP contribution in [-0.2, 0) is 14.3 Å². The van der Waals surface area contributed by atoms with Crippen LogP contribution in [0, 0.1) is 5.92 Å². The fourth-order valence-corrected chi connectivity index (χ4v) is 1.42. The second-order valence-electron chi connectivity index (χ2n) is 3.21. The molecule has 0 radical (unpaired) electrons. The molecule has 0 aromatic rings. The summed E-state index contributed by atoms with van der Waals surface area (Å²) < 4.78 is 4.77. The van der Waals surface area contributed by atoms with Crippen molar-refractivity contribution in [3.05, 3.63) is 11.8 Å². The number of amides is 1. The van der Waals surface area contributed by atoms with Crippen LogP contribution in [0.2, 0.25) is 0 Å².